The molecule has 4 aromatic rings. The van der Waals surface area contributed by atoms with Crippen molar-refractivity contribution in [3.63, 3.8) is 0 Å². The van der Waals surface area contributed by atoms with Crippen molar-refractivity contribution in [1.82, 2.24) is 9.80 Å². The molecule has 6 nitrogen and oxygen atoms in total. The van der Waals surface area contributed by atoms with Gasteiger partial charge in [0, 0.05) is 67.3 Å². The van der Waals surface area contributed by atoms with E-state index in [9.17, 15) is 27.5 Å². The van der Waals surface area contributed by atoms with E-state index >= 15 is 4.39 Å². The minimum Gasteiger partial charge on any atom is -0.384 e. The maximum Gasteiger partial charge on any atom is 0.416 e. The number of amides is 1. The molecular weight excluding hydrogens is 710 g/mol. The molecule has 2 aliphatic rings. The number of piperidine rings is 1. The van der Waals surface area contributed by atoms with E-state index in [1.54, 1.807) is 24.3 Å². The van der Waals surface area contributed by atoms with Gasteiger partial charge in [0.05, 0.1) is 25.4 Å². The van der Waals surface area contributed by atoms with Crippen LogP contribution in [-0.4, -0.2) is 66.7 Å². The Hall–Kier alpha value is -4.23. The zero-order chi connectivity index (χ0) is 46.6. The monoisotopic (exact) mass is 761 g/mol. The first-order valence-electron chi connectivity index (χ1n) is 21.6. The molecule has 0 radical (unpaired) electrons. The first-order valence-corrected chi connectivity index (χ1v) is 17.4. The average molecular weight is 762 g/mol. The van der Waals surface area contributed by atoms with Gasteiger partial charge in [-0.3, -0.25) is 4.79 Å². The van der Waals surface area contributed by atoms with Crippen LogP contribution in [0.4, 0.5) is 27.6 Å². The van der Waals surface area contributed by atoms with E-state index in [-0.39, 0.29) is 61.1 Å². The fourth-order valence-corrected chi connectivity index (χ4v) is 6.91. The van der Waals surface area contributed by atoms with E-state index in [0.717, 1.165) is 42.3 Å². The zero-order valence-electron chi connectivity index (χ0n) is 38.7. The Morgan fingerprint density at radius 1 is 1.04 bits per heavy atom. The molecule has 0 aromatic heterocycles. The lowest BCUT2D eigenvalue weighted by Gasteiger charge is -2.40. The van der Waals surface area contributed by atoms with Crippen LogP contribution in [0.5, 0.6) is 0 Å². The lowest BCUT2D eigenvalue weighted by atomic mass is 9.99. The Morgan fingerprint density at radius 3 is 2.38 bits per heavy atom. The van der Waals surface area contributed by atoms with Crippen molar-refractivity contribution >= 4 is 23.4 Å². The van der Waals surface area contributed by atoms with Crippen LogP contribution in [0.15, 0.2) is 95.9 Å². The third-order valence-electron chi connectivity index (χ3n) is 8.88. The molecule has 2 aliphatic heterocycles. The van der Waals surface area contributed by atoms with Gasteiger partial charge in [0.15, 0.2) is 11.6 Å². The fourth-order valence-electron chi connectivity index (χ4n) is 6.11. The second-order valence-corrected chi connectivity index (χ2v) is 13.2. The quantitative estimate of drug-likeness (QED) is 0.146. The van der Waals surface area contributed by atoms with E-state index in [1.807, 2.05) is 0 Å². The fraction of sp³-hybridized carbons (Fsp3) is 0.341. The van der Waals surface area contributed by atoms with Gasteiger partial charge in [0.2, 0.25) is 5.91 Å². The summed E-state index contributed by atoms with van der Waals surface area (Å²) >= 11 is 0.159. The van der Waals surface area contributed by atoms with Crippen molar-refractivity contribution in [1.29, 1.82) is 0 Å². The van der Waals surface area contributed by atoms with E-state index in [4.69, 9.17) is 18.4 Å². The van der Waals surface area contributed by atoms with E-state index < -0.39 is 102 Å². The smallest absolute Gasteiger partial charge is 0.384 e. The predicted molar refractivity (Wildman–Crippen MR) is 198 cm³/mol. The first kappa shape index (κ1) is 27.4. The number of ether oxygens (including phenoxy) is 1. The summed E-state index contributed by atoms with van der Waals surface area (Å²) in [4.78, 5) is 18.6. The van der Waals surface area contributed by atoms with Crippen LogP contribution in [0.1, 0.15) is 60.5 Å². The Morgan fingerprint density at radius 2 is 1.72 bits per heavy atom. The van der Waals surface area contributed by atoms with Gasteiger partial charge < -0.3 is 24.5 Å². The Balaban J connectivity index is 1.40. The molecule has 53 heavy (non-hydrogen) atoms. The summed E-state index contributed by atoms with van der Waals surface area (Å²) in [5.74, 6) is -3.61. The number of carbonyl (C=O) groups is 1. The molecule has 1 saturated heterocycles. The topological polar surface area (TPSA) is 56.3 Å². The molecule has 4 aromatic carbocycles. The molecule has 280 valence electrons. The third-order valence-corrected chi connectivity index (χ3v) is 9.73. The number of likely N-dealkylation sites (tertiary alicyclic amines) is 1. The lowest BCUT2D eigenvalue weighted by molar-refractivity contribution is -0.137. The van der Waals surface area contributed by atoms with Gasteiger partial charge in [-0.25, -0.2) is 8.78 Å². The van der Waals surface area contributed by atoms with Gasteiger partial charge in [-0.2, -0.15) is 13.2 Å². The molecule has 1 unspecified atom stereocenters. The van der Waals surface area contributed by atoms with E-state index in [2.05, 4.69) is 0 Å². The molecule has 12 heteroatoms. The molecule has 1 atom stereocenters. The van der Waals surface area contributed by atoms with Gasteiger partial charge in [0.25, 0.3) is 0 Å². The summed E-state index contributed by atoms with van der Waals surface area (Å²) in [7, 11) is 1.03. The largest absolute Gasteiger partial charge is 0.416 e. The molecule has 0 aliphatic carbocycles. The normalized spacial score (nSPS) is 20.5. The molecule has 1 fully saturated rings. The molecule has 1 N–H and O–H groups in total. The van der Waals surface area contributed by atoms with Crippen LogP contribution in [-0.2, 0) is 28.0 Å². The van der Waals surface area contributed by atoms with Crippen molar-refractivity contribution in [3.8, 4) is 11.1 Å². The SMILES string of the molecule is [2H]C1=C(SC([2H])([2H])c2cccc(F)c2F)N(CC(=O)N(Cc2ccc(-c3ccc(C(F)(F)F)cc3)cc2)C2CCN(C([2H])([2H])C([2H])([2H])OC)CC2)c2c([2H])c([2H])c(C)c([2H])c2C1O. The standard InChI is InChI=1S/C41H42F5N3O3S/c1-27-6-15-36-34(22-27)37(50)23-39(53-26-31-4-3-5-35(42)40(31)43)49(36)25-38(51)48(33-16-18-47(19-17-33)20-21-52-2)24-28-7-9-29(10-8-28)30-11-13-32(14-12-30)41(44,45)46/h3-15,22-23,33,37,50H,16-21,24-26H2,1-2H3/i6D,15D,20D2,21D2,22D,23D,26D2. The second kappa shape index (κ2) is 16.8. The summed E-state index contributed by atoms with van der Waals surface area (Å²) in [5, 5.41) is 11.0. The van der Waals surface area contributed by atoms with Gasteiger partial charge in [-0.15, -0.1) is 11.8 Å². The first-order chi connectivity index (χ1) is 29.3. The van der Waals surface area contributed by atoms with Crippen molar-refractivity contribution < 1.29 is 50.3 Å². The number of thioether (sulfide) groups is 1. The molecule has 0 bridgehead atoms. The number of anilines is 1. The van der Waals surface area contributed by atoms with Crippen LogP contribution in [0, 0.1) is 18.6 Å². The second-order valence-electron chi connectivity index (χ2n) is 12.4. The predicted octanol–water partition coefficient (Wildman–Crippen LogP) is 8.73. The lowest BCUT2D eigenvalue weighted by Crippen LogP contribution is -2.50. The summed E-state index contributed by atoms with van der Waals surface area (Å²) in [6.07, 6.45) is -6.28. The van der Waals surface area contributed by atoms with Crippen LogP contribution >= 0.6 is 11.8 Å². The van der Waals surface area contributed by atoms with Gasteiger partial charge in [-0.05, 0) is 66.7 Å². The number of rotatable bonds is 12. The highest BCUT2D eigenvalue weighted by atomic mass is 32.2. The molecule has 6 rings (SSSR count). The summed E-state index contributed by atoms with van der Waals surface area (Å²) in [5.41, 5.74) is -3.54. The number of alkyl halides is 3. The van der Waals surface area contributed by atoms with Crippen LogP contribution in [0.2, 0.25) is 0 Å². The molecule has 2 heterocycles. The number of fused-ring (bicyclic) bond motifs is 1. The van der Waals surface area contributed by atoms with Crippen molar-refractivity contribution in [3.05, 3.63) is 135 Å². The zero-order valence-corrected chi connectivity index (χ0v) is 29.5. The number of halogens is 5. The highest BCUT2D eigenvalue weighted by Gasteiger charge is 2.33. The average Bonchev–Trinajstić information content (AvgIpc) is 3.24. The highest BCUT2D eigenvalue weighted by molar-refractivity contribution is 8.02. The number of carbonyl (C=O) groups excluding carboxylic acids is 1. The summed E-state index contributed by atoms with van der Waals surface area (Å²) < 4.78 is 160. The molecule has 0 spiro atoms. The minimum absolute atomic E-state index is 0.0176. The van der Waals surface area contributed by atoms with E-state index in [0.29, 0.717) is 16.7 Å². The Labute approximate surface area is 324 Å². The van der Waals surface area contributed by atoms with Crippen LogP contribution in [0.25, 0.3) is 11.1 Å². The summed E-state index contributed by atoms with van der Waals surface area (Å²) in [6.45, 7) is -4.94. The number of nitrogens with zero attached hydrogens (tertiary/aromatic N) is 3. The van der Waals surface area contributed by atoms with Gasteiger partial charge >= 0.3 is 6.18 Å². The van der Waals surface area contributed by atoms with Gasteiger partial charge in [0.1, 0.15) is 12.6 Å². The van der Waals surface area contributed by atoms with Crippen molar-refractivity contribution in [2.45, 2.75) is 50.3 Å². The minimum atomic E-state index is -4.53. The third kappa shape index (κ3) is 9.29. The number of aliphatic hydroxyl groups excluding tert-OH is 1. The number of methoxy groups -OCH3 is 1. The van der Waals surface area contributed by atoms with Gasteiger partial charge in [-0.1, -0.05) is 66.2 Å². The molecule has 1 amide bonds. The number of benzene rings is 4. The highest BCUT2D eigenvalue weighted by Crippen LogP contribution is 2.41. The van der Waals surface area contributed by atoms with Crippen molar-refractivity contribution in [2.75, 3.05) is 44.7 Å². The number of hydrogen-bond acceptors (Lipinski definition) is 6. The maximum absolute atomic E-state index is 15.1. The van der Waals surface area contributed by atoms with Crippen LogP contribution in [0.3, 0.4) is 0 Å². The maximum atomic E-state index is 15.1. The Bertz CT molecular complexity index is 2400. The number of aliphatic hydroxyl groups is 1. The molecule has 0 saturated carbocycles. The summed E-state index contributed by atoms with van der Waals surface area (Å²) in [6, 6.07) is 11.1. The molecular formula is C41H42F5N3O3S. The van der Waals surface area contributed by atoms with Crippen LogP contribution < -0.4 is 4.90 Å². The van der Waals surface area contributed by atoms with E-state index in [1.165, 1.54) is 28.9 Å². The number of hydrogen-bond donors (Lipinski definition) is 1. The van der Waals surface area contributed by atoms with Crippen molar-refractivity contribution in [2.24, 2.45) is 0 Å². The Kier molecular flexibility index (Phi) is 8.70.